The summed E-state index contributed by atoms with van der Waals surface area (Å²) >= 11 is 1.93. The number of hydrogen-bond donors (Lipinski definition) is 2. The number of ether oxygens (including phenoxy) is 1. The largest absolute Gasteiger partial charge is 0.490 e. The first-order chi connectivity index (χ1) is 8.83. The van der Waals surface area contributed by atoms with Gasteiger partial charge in [-0.05, 0) is 42.7 Å². The topological polar surface area (TPSA) is 47.3 Å². The van der Waals surface area contributed by atoms with Crippen LogP contribution in [0.5, 0.6) is 5.75 Å². The molecule has 0 spiro atoms. The molecule has 1 aliphatic rings. The second-order valence-corrected chi connectivity index (χ2v) is 5.83. The fourth-order valence-electron chi connectivity index (χ4n) is 1.74. The lowest BCUT2D eigenvalue weighted by Crippen LogP contribution is -2.29. The van der Waals surface area contributed by atoms with Gasteiger partial charge < -0.3 is 4.74 Å². The maximum atomic E-state index is 5.74. The van der Waals surface area contributed by atoms with Crippen molar-refractivity contribution in [2.75, 3.05) is 11.5 Å². The van der Waals surface area contributed by atoms with Gasteiger partial charge in [-0.15, -0.1) is 0 Å². The van der Waals surface area contributed by atoms with Gasteiger partial charge in [-0.25, -0.2) is 0 Å². The Morgan fingerprint density at radius 3 is 2.67 bits per heavy atom. The van der Waals surface area contributed by atoms with Crippen LogP contribution in [0.2, 0.25) is 0 Å². The first-order valence-electron chi connectivity index (χ1n) is 6.64. The molecule has 0 saturated heterocycles. The summed E-state index contributed by atoms with van der Waals surface area (Å²) in [5, 5.41) is 0. The standard InChI is InChI=1S/C14H22N2OS/c1-2-9-18-10-14(16-15)11-3-5-12(6-4-11)17-13-7-8-13/h3-6,13-14,16H,2,7-10,15H2,1H3. The van der Waals surface area contributed by atoms with Crippen molar-refractivity contribution >= 4 is 11.8 Å². The first kappa shape index (κ1) is 13.7. The van der Waals surface area contributed by atoms with Crippen LogP contribution in [0, 0.1) is 0 Å². The second-order valence-electron chi connectivity index (χ2n) is 4.68. The van der Waals surface area contributed by atoms with Crippen LogP contribution in [0.15, 0.2) is 24.3 Å². The number of hydrazine groups is 1. The normalized spacial score (nSPS) is 16.6. The molecule has 3 nitrogen and oxygen atoms in total. The molecule has 18 heavy (non-hydrogen) atoms. The maximum Gasteiger partial charge on any atom is 0.119 e. The van der Waals surface area contributed by atoms with E-state index in [9.17, 15) is 0 Å². The SMILES string of the molecule is CCCSCC(NN)c1ccc(OC2CC2)cc1. The molecule has 0 aliphatic heterocycles. The third-order valence-electron chi connectivity index (χ3n) is 2.94. The minimum atomic E-state index is 0.219. The molecule has 0 aromatic heterocycles. The highest BCUT2D eigenvalue weighted by atomic mass is 32.2. The molecule has 1 aromatic rings. The van der Waals surface area contributed by atoms with Gasteiger partial charge in [0, 0.05) is 5.75 Å². The van der Waals surface area contributed by atoms with Gasteiger partial charge in [0.15, 0.2) is 0 Å². The highest BCUT2D eigenvalue weighted by molar-refractivity contribution is 7.99. The summed E-state index contributed by atoms with van der Waals surface area (Å²) in [7, 11) is 0. The van der Waals surface area contributed by atoms with E-state index in [0.29, 0.717) is 6.10 Å². The van der Waals surface area contributed by atoms with Gasteiger partial charge in [-0.1, -0.05) is 19.1 Å². The summed E-state index contributed by atoms with van der Waals surface area (Å²) in [6.07, 6.45) is 4.06. The van der Waals surface area contributed by atoms with Crippen molar-refractivity contribution in [3.8, 4) is 5.75 Å². The van der Waals surface area contributed by atoms with E-state index in [1.807, 2.05) is 23.9 Å². The summed E-state index contributed by atoms with van der Waals surface area (Å²) in [6, 6.07) is 8.52. The van der Waals surface area contributed by atoms with Crippen LogP contribution < -0.4 is 16.0 Å². The molecule has 1 aliphatic carbocycles. The monoisotopic (exact) mass is 266 g/mol. The molecule has 0 bridgehead atoms. The Labute approximate surface area is 113 Å². The van der Waals surface area contributed by atoms with Crippen molar-refractivity contribution in [2.24, 2.45) is 5.84 Å². The number of nitrogens with two attached hydrogens (primary N) is 1. The smallest absolute Gasteiger partial charge is 0.119 e. The lowest BCUT2D eigenvalue weighted by atomic mass is 10.1. The van der Waals surface area contributed by atoms with Gasteiger partial charge in [0.25, 0.3) is 0 Å². The van der Waals surface area contributed by atoms with Crippen molar-refractivity contribution in [1.29, 1.82) is 0 Å². The van der Waals surface area contributed by atoms with Gasteiger partial charge in [0.2, 0.25) is 0 Å². The van der Waals surface area contributed by atoms with Crippen LogP contribution in [0.4, 0.5) is 0 Å². The molecule has 100 valence electrons. The lowest BCUT2D eigenvalue weighted by Gasteiger charge is -2.16. The van der Waals surface area contributed by atoms with E-state index >= 15 is 0 Å². The quantitative estimate of drug-likeness (QED) is 0.431. The third kappa shape index (κ3) is 4.19. The van der Waals surface area contributed by atoms with E-state index in [1.165, 1.54) is 30.6 Å². The van der Waals surface area contributed by atoms with Gasteiger partial charge >= 0.3 is 0 Å². The molecule has 1 aromatic carbocycles. The Morgan fingerprint density at radius 1 is 1.39 bits per heavy atom. The molecule has 1 saturated carbocycles. The average molecular weight is 266 g/mol. The van der Waals surface area contributed by atoms with Crippen molar-refractivity contribution in [3.05, 3.63) is 29.8 Å². The van der Waals surface area contributed by atoms with E-state index in [4.69, 9.17) is 10.6 Å². The minimum absolute atomic E-state index is 0.219. The Kier molecular flexibility index (Phi) is 5.35. The Balaban J connectivity index is 1.88. The van der Waals surface area contributed by atoms with Crippen molar-refractivity contribution in [2.45, 2.75) is 38.3 Å². The number of hydrogen-bond acceptors (Lipinski definition) is 4. The first-order valence-corrected chi connectivity index (χ1v) is 7.79. The van der Waals surface area contributed by atoms with E-state index in [1.54, 1.807) is 0 Å². The predicted octanol–water partition coefficient (Wildman–Crippen LogP) is 2.88. The van der Waals surface area contributed by atoms with E-state index in [-0.39, 0.29) is 6.04 Å². The molecule has 2 rings (SSSR count). The zero-order valence-corrected chi connectivity index (χ0v) is 11.7. The Bertz CT molecular complexity index is 351. The third-order valence-corrected chi connectivity index (χ3v) is 4.21. The highest BCUT2D eigenvalue weighted by Crippen LogP contribution is 2.28. The molecule has 3 N–H and O–H groups in total. The zero-order chi connectivity index (χ0) is 12.8. The van der Waals surface area contributed by atoms with Crippen LogP contribution in [-0.4, -0.2) is 17.6 Å². The summed E-state index contributed by atoms with van der Waals surface area (Å²) < 4.78 is 5.74. The van der Waals surface area contributed by atoms with Crippen LogP contribution in [0.3, 0.4) is 0 Å². The van der Waals surface area contributed by atoms with E-state index in [2.05, 4.69) is 24.5 Å². The van der Waals surface area contributed by atoms with E-state index in [0.717, 1.165) is 11.5 Å². The summed E-state index contributed by atoms with van der Waals surface area (Å²) in [5.74, 6) is 8.78. The van der Waals surface area contributed by atoms with Gasteiger partial charge in [-0.2, -0.15) is 11.8 Å². The molecule has 0 heterocycles. The number of thioether (sulfide) groups is 1. The second kappa shape index (κ2) is 7.02. The molecular formula is C14H22N2OS. The molecule has 4 heteroatoms. The van der Waals surface area contributed by atoms with Crippen LogP contribution >= 0.6 is 11.8 Å². The predicted molar refractivity (Wildman–Crippen MR) is 77.8 cm³/mol. The molecule has 1 unspecified atom stereocenters. The fourth-order valence-corrected chi connectivity index (χ4v) is 2.72. The summed E-state index contributed by atoms with van der Waals surface area (Å²) in [5.41, 5.74) is 4.11. The van der Waals surface area contributed by atoms with Crippen LogP contribution in [0.25, 0.3) is 0 Å². The van der Waals surface area contributed by atoms with Crippen LogP contribution in [-0.2, 0) is 0 Å². The van der Waals surface area contributed by atoms with Crippen molar-refractivity contribution < 1.29 is 4.74 Å². The number of benzene rings is 1. The number of rotatable bonds is 8. The molecule has 0 radical (unpaired) electrons. The van der Waals surface area contributed by atoms with Gasteiger partial charge in [0.05, 0.1) is 12.1 Å². The van der Waals surface area contributed by atoms with Crippen molar-refractivity contribution in [3.63, 3.8) is 0 Å². The van der Waals surface area contributed by atoms with Crippen molar-refractivity contribution in [1.82, 2.24) is 5.43 Å². The summed E-state index contributed by atoms with van der Waals surface area (Å²) in [4.78, 5) is 0. The molecule has 1 atom stereocenters. The Morgan fingerprint density at radius 2 is 2.11 bits per heavy atom. The number of nitrogens with one attached hydrogen (secondary N) is 1. The van der Waals surface area contributed by atoms with Crippen LogP contribution in [0.1, 0.15) is 37.8 Å². The molecule has 1 fully saturated rings. The summed E-state index contributed by atoms with van der Waals surface area (Å²) in [6.45, 7) is 2.20. The Hall–Kier alpha value is -0.710. The lowest BCUT2D eigenvalue weighted by molar-refractivity contribution is 0.303. The zero-order valence-electron chi connectivity index (χ0n) is 10.9. The van der Waals surface area contributed by atoms with Gasteiger partial charge in [-0.3, -0.25) is 11.3 Å². The molecule has 0 amide bonds. The van der Waals surface area contributed by atoms with Gasteiger partial charge in [0.1, 0.15) is 5.75 Å². The highest BCUT2D eigenvalue weighted by Gasteiger charge is 2.23. The maximum absolute atomic E-state index is 5.74. The average Bonchev–Trinajstić information content (AvgIpc) is 3.20. The fraction of sp³-hybridized carbons (Fsp3) is 0.571. The minimum Gasteiger partial charge on any atom is -0.490 e. The molecular weight excluding hydrogens is 244 g/mol. The van der Waals surface area contributed by atoms with E-state index < -0.39 is 0 Å².